The van der Waals surface area contributed by atoms with Crippen molar-refractivity contribution in [3.05, 3.63) is 51.2 Å². The lowest BCUT2D eigenvalue weighted by molar-refractivity contribution is -0.137. The van der Waals surface area contributed by atoms with Crippen LogP contribution in [-0.4, -0.2) is 35.7 Å². The Balaban J connectivity index is 1.31. The van der Waals surface area contributed by atoms with E-state index in [1.807, 2.05) is 13.0 Å². The van der Waals surface area contributed by atoms with Gasteiger partial charge in [-0.25, -0.2) is 0 Å². The molecule has 1 saturated carbocycles. The quantitative estimate of drug-likeness (QED) is 0.726. The first-order chi connectivity index (χ1) is 14.2. The predicted octanol–water partition coefficient (Wildman–Crippen LogP) is 4.38. The highest BCUT2D eigenvalue weighted by atomic mass is 32.1. The average Bonchev–Trinajstić information content (AvgIpc) is 3.24. The molecule has 0 radical (unpaired) electrons. The van der Waals surface area contributed by atoms with E-state index in [1.54, 1.807) is 11.3 Å². The molecule has 2 aliphatic carbocycles. The van der Waals surface area contributed by atoms with Crippen molar-refractivity contribution in [1.29, 1.82) is 0 Å². The molecule has 0 aliphatic heterocycles. The second kappa shape index (κ2) is 8.32. The summed E-state index contributed by atoms with van der Waals surface area (Å²) in [6, 6.07) is 6.26. The number of carbonyl (C=O) groups excluding carboxylic acids is 1. The van der Waals surface area contributed by atoms with Gasteiger partial charge in [-0.15, -0.1) is 11.3 Å². The summed E-state index contributed by atoms with van der Waals surface area (Å²) in [6.45, 7) is 2.51. The number of carbonyl (C=O) groups is 1. The van der Waals surface area contributed by atoms with E-state index in [-0.39, 0.29) is 17.7 Å². The van der Waals surface area contributed by atoms with Gasteiger partial charge < -0.3 is 15.2 Å². The highest BCUT2D eigenvalue weighted by Gasteiger charge is 2.38. The second-order valence-corrected chi connectivity index (χ2v) is 9.40. The summed E-state index contributed by atoms with van der Waals surface area (Å²) in [6.07, 6.45) is -2.70. The van der Waals surface area contributed by atoms with Crippen LogP contribution in [0.1, 0.15) is 44.9 Å². The maximum absolute atomic E-state index is 12.7. The molecule has 2 aromatic rings. The third-order valence-electron chi connectivity index (χ3n) is 5.94. The zero-order valence-electron chi connectivity index (χ0n) is 16.5. The number of hydrogen-bond donors (Lipinski definition) is 2. The number of thiophene rings is 1. The lowest BCUT2D eigenvalue weighted by Gasteiger charge is -2.25. The van der Waals surface area contributed by atoms with Crippen molar-refractivity contribution in [3.63, 3.8) is 0 Å². The van der Waals surface area contributed by atoms with E-state index in [2.05, 4.69) is 5.32 Å². The van der Waals surface area contributed by atoms with Gasteiger partial charge in [0.25, 0.3) is 0 Å². The van der Waals surface area contributed by atoms with Crippen LogP contribution in [-0.2, 0) is 12.6 Å². The zero-order valence-corrected chi connectivity index (χ0v) is 17.4. The van der Waals surface area contributed by atoms with E-state index in [4.69, 9.17) is 4.74 Å². The fourth-order valence-corrected chi connectivity index (χ4v) is 5.35. The predicted molar refractivity (Wildman–Crippen MR) is 108 cm³/mol. The van der Waals surface area contributed by atoms with Crippen molar-refractivity contribution in [2.45, 2.75) is 57.0 Å². The number of aliphatic hydroxyl groups is 1. The monoisotopic (exact) mass is 439 g/mol. The molecule has 8 heteroatoms. The first-order valence-corrected chi connectivity index (χ1v) is 10.9. The number of halogens is 3. The number of Topliss-reactive ketones (excluding diaryl/α,β-unsaturated/α-hetero) is 1. The molecule has 0 amide bonds. The molecule has 4 unspecified atom stereocenters. The first kappa shape index (κ1) is 21.3. The highest BCUT2D eigenvalue weighted by Crippen LogP contribution is 2.33. The third-order valence-corrected chi connectivity index (χ3v) is 7.05. The molecule has 30 heavy (non-hydrogen) atoms. The van der Waals surface area contributed by atoms with Gasteiger partial charge in [-0.1, -0.05) is 0 Å². The Morgan fingerprint density at radius 3 is 2.63 bits per heavy atom. The average molecular weight is 439 g/mol. The summed E-state index contributed by atoms with van der Waals surface area (Å²) < 4.78 is 43.7. The molecule has 0 saturated heterocycles. The number of hydrogen-bond acceptors (Lipinski definition) is 5. The van der Waals surface area contributed by atoms with Crippen molar-refractivity contribution >= 4 is 17.1 Å². The number of benzene rings is 1. The zero-order chi connectivity index (χ0) is 21.5. The Bertz CT molecular complexity index is 909. The van der Waals surface area contributed by atoms with Crippen LogP contribution < -0.4 is 10.1 Å². The summed E-state index contributed by atoms with van der Waals surface area (Å²) >= 11 is 1.68. The van der Waals surface area contributed by atoms with Crippen LogP contribution in [0, 0.1) is 12.8 Å². The van der Waals surface area contributed by atoms with Crippen LogP contribution in [0.5, 0.6) is 5.75 Å². The smallest absolute Gasteiger partial charge is 0.416 e. The minimum atomic E-state index is -4.39. The lowest BCUT2D eigenvalue weighted by Crippen LogP contribution is -2.44. The Morgan fingerprint density at radius 2 is 1.93 bits per heavy atom. The molecule has 0 spiro atoms. The van der Waals surface area contributed by atoms with E-state index < -0.39 is 23.9 Å². The molecule has 1 fully saturated rings. The maximum Gasteiger partial charge on any atom is 0.416 e. The maximum atomic E-state index is 12.7. The molecule has 1 aromatic heterocycles. The van der Waals surface area contributed by atoms with Crippen molar-refractivity contribution < 1.29 is 27.8 Å². The third kappa shape index (κ3) is 4.40. The topological polar surface area (TPSA) is 58.6 Å². The van der Waals surface area contributed by atoms with Crippen LogP contribution in [0.4, 0.5) is 13.2 Å². The van der Waals surface area contributed by atoms with E-state index >= 15 is 0 Å². The van der Waals surface area contributed by atoms with Crippen LogP contribution in [0.2, 0.25) is 0 Å². The fourth-order valence-electron chi connectivity index (χ4n) is 4.29. The summed E-state index contributed by atoms with van der Waals surface area (Å²) in [5, 5.41) is 13.9. The van der Waals surface area contributed by atoms with Crippen LogP contribution in [0.3, 0.4) is 0 Å². The number of aliphatic hydroxyl groups excluding tert-OH is 1. The first-order valence-electron chi connectivity index (χ1n) is 10.1. The molecule has 4 atom stereocenters. The van der Waals surface area contributed by atoms with E-state index in [9.17, 15) is 23.1 Å². The Kier molecular flexibility index (Phi) is 5.92. The molecule has 162 valence electrons. The highest BCUT2D eigenvalue weighted by molar-refractivity contribution is 7.12. The Morgan fingerprint density at radius 1 is 1.20 bits per heavy atom. The van der Waals surface area contributed by atoms with Gasteiger partial charge in [0.2, 0.25) is 0 Å². The number of alkyl halides is 3. The van der Waals surface area contributed by atoms with Gasteiger partial charge in [0.15, 0.2) is 5.78 Å². The van der Waals surface area contributed by atoms with E-state index in [0.717, 1.165) is 35.4 Å². The molecule has 4 rings (SSSR count). The van der Waals surface area contributed by atoms with Crippen LogP contribution >= 0.6 is 11.3 Å². The molecule has 1 heterocycles. The molecule has 0 bridgehead atoms. The van der Waals surface area contributed by atoms with Gasteiger partial charge in [-0.2, -0.15) is 13.2 Å². The molecular formula is C22H24F3NO3S. The molecule has 4 nitrogen and oxygen atoms in total. The Labute approximate surface area is 177 Å². The minimum Gasteiger partial charge on any atom is -0.488 e. The van der Waals surface area contributed by atoms with Crippen LogP contribution in [0.15, 0.2) is 30.3 Å². The normalized spacial score (nSPS) is 26.6. The number of aryl methyl sites for hydroxylation is 2. The summed E-state index contributed by atoms with van der Waals surface area (Å²) in [5.74, 6) is 0.363. The largest absolute Gasteiger partial charge is 0.488 e. The second-order valence-electron chi connectivity index (χ2n) is 8.05. The number of ketones is 1. The number of rotatable bonds is 5. The standard InChI is InChI=1S/C22H24F3NO3S/c1-12-10-16-19(30-12)9-2-13(20(16)27)11-26-17-7-8-18(21(17)28)29-15-5-3-14(4-6-15)22(23,24)25/h3-6,10,13,17-18,21,26,28H,2,7-9,11H2,1H3. The van der Waals surface area contributed by atoms with Gasteiger partial charge in [-0.05, 0) is 62.9 Å². The van der Waals surface area contributed by atoms with Gasteiger partial charge in [0, 0.05) is 33.8 Å². The van der Waals surface area contributed by atoms with Crippen molar-refractivity contribution in [2.24, 2.45) is 5.92 Å². The number of nitrogens with one attached hydrogen (secondary N) is 1. The fraction of sp³-hybridized carbons (Fsp3) is 0.500. The van der Waals surface area contributed by atoms with Gasteiger partial charge in [0.05, 0.1) is 5.56 Å². The molecule has 2 aliphatic rings. The molecule has 2 N–H and O–H groups in total. The number of ether oxygens (including phenoxy) is 1. The van der Waals surface area contributed by atoms with Crippen molar-refractivity contribution in [2.75, 3.05) is 6.54 Å². The van der Waals surface area contributed by atoms with E-state index in [1.165, 1.54) is 17.0 Å². The van der Waals surface area contributed by atoms with Crippen LogP contribution in [0.25, 0.3) is 0 Å². The van der Waals surface area contributed by atoms with Gasteiger partial charge >= 0.3 is 6.18 Å². The van der Waals surface area contributed by atoms with E-state index in [0.29, 0.717) is 25.1 Å². The minimum absolute atomic E-state index is 0.103. The van der Waals surface area contributed by atoms with Crippen molar-refractivity contribution in [1.82, 2.24) is 5.32 Å². The summed E-state index contributed by atoms with van der Waals surface area (Å²) in [4.78, 5) is 15.0. The summed E-state index contributed by atoms with van der Waals surface area (Å²) in [5.41, 5.74) is 0.105. The van der Waals surface area contributed by atoms with Crippen molar-refractivity contribution in [3.8, 4) is 5.75 Å². The van der Waals surface area contributed by atoms with Gasteiger partial charge in [-0.3, -0.25) is 4.79 Å². The lowest BCUT2D eigenvalue weighted by atomic mass is 9.87. The number of fused-ring (bicyclic) bond motifs is 1. The molecule has 1 aromatic carbocycles. The summed E-state index contributed by atoms with van der Waals surface area (Å²) in [7, 11) is 0. The van der Waals surface area contributed by atoms with Gasteiger partial charge in [0.1, 0.15) is 18.0 Å². The molecular weight excluding hydrogens is 415 g/mol. The SMILES string of the molecule is Cc1cc2c(s1)CCC(CNC1CCC(Oc3ccc(C(F)(F)F)cc3)C1O)C2=O. The Hall–Kier alpha value is -1.90.